The standard InChI is InChI=1S/C23H30BCl2NO2.CO2/c25-21-11-10-19(15-22(21)26)18-8-6-16(7-9-18)4-5-17-13-20(14-17)23(27)3-1-2-12-24(28)29;2-1-3/h6-11,15,17,20,23,28-29H,1-5,12-14,27H2;. The molecule has 1 unspecified atom stereocenters. The van der Waals surface area contributed by atoms with E-state index in [4.69, 9.17) is 48.6 Å². The molecule has 1 fully saturated rings. The second-order valence-corrected chi connectivity index (χ2v) is 9.29. The molecule has 1 saturated carbocycles. The zero-order valence-electron chi connectivity index (χ0n) is 18.1. The molecule has 0 saturated heterocycles. The first kappa shape index (κ1) is 26.6. The summed E-state index contributed by atoms with van der Waals surface area (Å²) in [5.74, 6) is 1.41. The fourth-order valence-corrected chi connectivity index (χ4v) is 4.52. The van der Waals surface area contributed by atoms with Crippen LogP contribution in [0.2, 0.25) is 16.4 Å². The number of nitrogens with two attached hydrogens (primary N) is 1. The molecule has 0 bridgehead atoms. The van der Waals surface area contributed by atoms with Crippen LogP contribution in [0.3, 0.4) is 0 Å². The third kappa shape index (κ3) is 8.70. The largest absolute Gasteiger partial charge is 0.451 e. The van der Waals surface area contributed by atoms with Crippen molar-refractivity contribution in [3.8, 4) is 11.1 Å². The Morgan fingerprint density at radius 2 is 1.62 bits per heavy atom. The molecule has 2 aromatic rings. The van der Waals surface area contributed by atoms with E-state index in [0.717, 1.165) is 42.7 Å². The molecule has 32 heavy (non-hydrogen) atoms. The minimum Gasteiger partial charge on any atom is -0.427 e. The van der Waals surface area contributed by atoms with Gasteiger partial charge in [0.15, 0.2) is 0 Å². The van der Waals surface area contributed by atoms with Crippen molar-refractivity contribution in [3.63, 3.8) is 0 Å². The Morgan fingerprint density at radius 1 is 1.00 bits per heavy atom. The van der Waals surface area contributed by atoms with Crippen LogP contribution in [0.1, 0.15) is 44.1 Å². The maximum absolute atomic E-state index is 8.88. The minimum atomic E-state index is -1.18. The molecule has 0 aromatic heterocycles. The third-order valence-corrected chi connectivity index (χ3v) is 6.91. The molecule has 5 nitrogen and oxygen atoms in total. The van der Waals surface area contributed by atoms with Crippen LogP contribution in [0.4, 0.5) is 0 Å². The normalized spacial score (nSPS) is 18.0. The van der Waals surface area contributed by atoms with Gasteiger partial charge in [0.1, 0.15) is 0 Å². The van der Waals surface area contributed by atoms with Gasteiger partial charge in [-0.1, -0.05) is 66.4 Å². The summed E-state index contributed by atoms with van der Waals surface area (Å²) < 4.78 is 0. The Kier molecular flexibility index (Phi) is 11.5. The molecule has 0 amide bonds. The number of unbranched alkanes of at least 4 members (excludes halogenated alkanes) is 1. The number of hydrogen-bond donors (Lipinski definition) is 3. The van der Waals surface area contributed by atoms with Gasteiger partial charge in [-0.3, -0.25) is 0 Å². The highest BCUT2D eigenvalue weighted by molar-refractivity contribution is 6.42. The van der Waals surface area contributed by atoms with Gasteiger partial charge in [0.05, 0.1) is 10.0 Å². The average molecular weight is 478 g/mol. The van der Waals surface area contributed by atoms with E-state index in [1.165, 1.54) is 24.8 Å². The Balaban J connectivity index is 0.00000114. The highest BCUT2D eigenvalue weighted by atomic mass is 35.5. The highest BCUT2D eigenvalue weighted by Crippen LogP contribution is 2.39. The van der Waals surface area contributed by atoms with E-state index in [9.17, 15) is 0 Å². The summed E-state index contributed by atoms with van der Waals surface area (Å²) in [6.45, 7) is 0. The van der Waals surface area contributed by atoms with Crippen LogP contribution >= 0.6 is 23.2 Å². The molecular weight excluding hydrogens is 448 g/mol. The first-order valence-corrected chi connectivity index (χ1v) is 11.7. The first-order valence-electron chi connectivity index (χ1n) is 11.0. The minimum absolute atomic E-state index is 0.250. The SMILES string of the molecule is NC(CCCCB(O)O)C1CC(CCc2ccc(-c3ccc(Cl)c(Cl)c3)cc2)C1.O=C=O. The van der Waals surface area contributed by atoms with E-state index in [1.54, 1.807) is 0 Å². The molecule has 0 heterocycles. The summed E-state index contributed by atoms with van der Waals surface area (Å²) in [5, 5.41) is 18.9. The number of rotatable bonds is 10. The van der Waals surface area contributed by atoms with E-state index < -0.39 is 7.12 Å². The van der Waals surface area contributed by atoms with Crippen LogP contribution in [0.5, 0.6) is 0 Å². The fourth-order valence-electron chi connectivity index (χ4n) is 4.23. The quantitative estimate of drug-likeness (QED) is 0.330. The molecule has 1 aliphatic rings. The van der Waals surface area contributed by atoms with Crippen molar-refractivity contribution in [2.24, 2.45) is 17.6 Å². The zero-order valence-corrected chi connectivity index (χ0v) is 19.6. The van der Waals surface area contributed by atoms with E-state index >= 15 is 0 Å². The molecule has 8 heteroatoms. The van der Waals surface area contributed by atoms with Gasteiger partial charge >= 0.3 is 13.3 Å². The van der Waals surface area contributed by atoms with Crippen LogP contribution in [0.25, 0.3) is 11.1 Å². The van der Waals surface area contributed by atoms with Crippen LogP contribution in [-0.4, -0.2) is 29.4 Å². The predicted octanol–water partition coefficient (Wildman–Crippen LogP) is 5.01. The smallest absolute Gasteiger partial charge is 0.427 e. The van der Waals surface area contributed by atoms with E-state index in [2.05, 4.69) is 24.3 Å². The maximum Gasteiger partial charge on any atom is 0.451 e. The second-order valence-electron chi connectivity index (χ2n) is 8.47. The Bertz CT molecular complexity index is 867. The number of carbonyl (C=O) groups excluding carboxylic acids is 2. The molecule has 1 aliphatic carbocycles. The lowest BCUT2D eigenvalue weighted by molar-refractivity contribution is -0.191. The topological polar surface area (TPSA) is 101 Å². The molecule has 172 valence electrons. The summed E-state index contributed by atoms with van der Waals surface area (Å²) >= 11 is 12.1. The number of halogens is 2. The third-order valence-electron chi connectivity index (χ3n) is 6.18. The van der Waals surface area contributed by atoms with Crippen molar-refractivity contribution >= 4 is 36.5 Å². The van der Waals surface area contributed by atoms with Gasteiger partial charge in [-0.2, -0.15) is 9.59 Å². The Hall–Kier alpha value is -1.66. The number of hydrogen-bond acceptors (Lipinski definition) is 5. The van der Waals surface area contributed by atoms with Crippen molar-refractivity contribution in [3.05, 3.63) is 58.1 Å². The second kappa shape index (κ2) is 13.8. The molecule has 0 spiro atoms. The van der Waals surface area contributed by atoms with Gasteiger partial charge in [-0.05, 0) is 79.1 Å². The number of benzene rings is 2. The van der Waals surface area contributed by atoms with Crippen LogP contribution < -0.4 is 5.73 Å². The van der Waals surface area contributed by atoms with Gasteiger partial charge in [0.25, 0.3) is 0 Å². The van der Waals surface area contributed by atoms with E-state index in [1.807, 2.05) is 18.2 Å². The molecule has 1 atom stereocenters. The monoisotopic (exact) mass is 477 g/mol. The Morgan fingerprint density at radius 3 is 2.22 bits per heavy atom. The van der Waals surface area contributed by atoms with Crippen LogP contribution in [-0.2, 0) is 16.0 Å². The van der Waals surface area contributed by atoms with Crippen molar-refractivity contribution in [1.29, 1.82) is 0 Å². The highest BCUT2D eigenvalue weighted by Gasteiger charge is 2.32. The van der Waals surface area contributed by atoms with Crippen molar-refractivity contribution in [2.45, 2.75) is 57.3 Å². The number of aryl methyl sites for hydroxylation is 1. The zero-order chi connectivity index (χ0) is 23.5. The first-order chi connectivity index (χ1) is 15.3. The Labute approximate surface area is 200 Å². The molecule has 0 radical (unpaired) electrons. The fraction of sp³-hybridized carbons (Fsp3) is 0.458. The predicted molar refractivity (Wildman–Crippen MR) is 128 cm³/mol. The van der Waals surface area contributed by atoms with E-state index in [-0.39, 0.29) is 12.2 Å². The van der Waals surface area contributed by atoms with Gasteiger partial charge < -0.3 is 15.8 Å². The van der Waals surface area contributed by atoms with Gasteiger partial charge in [-0.15, -0.1) is 0 Å². The summed E-state index contributed by atoms with van der Waals surface area (Å²) in [7, 11) is -1.18. The lowest BCUT2D eigenvalue weighted by atomic mass is 9.68. The van der Waals surface area contributed by atoms with Crippen LogP contribution in [0, 0.1) is 11.8 Å². The molecule has 2 aromatic carbocycles. The lowest BCUT2D eigenvalue weighted by Crippen LogP contribution is -2.39. The lowest BCUT2D eigenvalue weighted by Gasteiger charge is -2.39. The van der Waals surface area contributed by atoms with Gasteiger partial charge in [-0.25, -0.2) is 0 Å². The van der Waals surface area contributed by atoms with E-state index in [0.29, 0.717) is 22.3 Å². The molecule has 4 N–H and O–H groups in total. The van der Waals surface area contributed by atoms with Crippen molar-refractivity contribution < 1.29 is 19.6 Å². The summed E-state index contributed by atoms with van der Waals surface area (Å²) in [5.41, 5.74) is 9.91. The van der Waals surface area contributed by atoms with Crippen molar-refractivity contribution in [2.75, 3.05) is 0 Å². The van der Waals surface area contributed by atoms with Gasteiger partial charge in [0.2, 0.25) is 0 Å². The summed E-state index contributed by atoms with van der Waals surface area (Å²) in [6, 6.07) is 14.7. The maximum atomic E-state index is 8.88. The molecular formula is C24H30BCl2NO4. The van der Waals surface area contributed by atoms with Crippen molar-refractivity contribution in [1.82, 2.24) is 0 Å². The molecule has 0 aliphatic heterocycles. The van der Waals surface area contributed by atoms with Gasteiger partial charge in [0, 0.05) is 6.04 Å². The summed E-state index contributed by atoms with van der Waals surface area (Å²) in [4.78, 5) is 16.2. The van der Waals surface area contributed by atoms with Crippen LogP contribution in [0.15, 0.2) is 42.5 Å². The average Bonchev–Trinajstić information content (AvgIpc) is 2.73. The molecule has 3 rings (SSSR count). The summed E-state index contributed by atoms with van der Waals surface area (Å²) in [6.07, 6.45) is 8.26.